The van der Waals surface area contributed by atoms with Crippen LogP contribution in [0.15, 0.2) is 24.3 Å². The van der Waals surface area contributed by atoms with Crippen molar-refractivity contribution in [3.63, 3.8) is 0 Å². The molecular formula is C14H21NO5. The largest absolute Gasteiger partial charge is 0.491 e. The van der Waals surface area contributed by atoms with Gasteiger partial charge in [-0.3, -0.25) is 0 Å². The lowest BCUT2D eigenvalue weighted by Gasteiger charge is -2.08. The number of methoxy groups -OCH3 is 1. The third-order valence-corrected chi connectivity index (χ3v) is 2.54. The average Bonchev–Trinajstić information content (AvgIpc) is 2.44. The molecule has 0 bridgehead atoms. The van der Waals surface area contributed by atoms with Gasteiger partial charge in [0.1, 0.15) is 12.4 Å². The van der Waals surface area contributed by atoms with Crippen LogP contribution in [0.2, 0.25) is 0 Å². The summed E-state index contributed by atoms with van der Waals surface area (Å²) in [5.41, 5.74) is 1.06. The Balaban J connectivity index is 2.16. The van der Waals surface area contributed by atoms with Crippen molar-refractivity contribution in [3.8, 4) is 5.75 Å². The highest BCUT2D eigenvalue weighted by molar-refractivity contribution is 5.64. The molecule has 1 aromatic rings. The Labute approximate surface area is 118 Å². The third-order valence-electron chi connectivity index (χ3n) is 2.54. The first-order valence-electron chi connectivity index (χ1n) is 6.47. The fourth-order valence-electron chi connectivity index (χ4n) is 1.53. The van der Waals surface area contributed by atoms with Gasteiger partial charge < -0.3 is 24.6 Å². The van der Waals surface area contributed by atoms with Crippen molar-refractivity contribution in [2.75, 3.05) is 40.1 Å². The van der Waals surface area contributed by atoms with E-state index in [0.717, 1.165) is 11.3 Å². The molecule has 0 aliphatic carbocycles. The minimum absolute atomic E-state index is 0.406. The number of ether oxygens (including phenoxy) is 3. The second kappa shape index (κ2) is 10.1. The summed E-state index contributed by atoms with van der Waals surface area (Å²) in [5, 5.41) is 10.8. The van der Waals surface area contributed by atoms with Crippen molar-refractivity contribution in [3.05, 3.63) is 29.8 Å². The number of amides is 1. The van der Waals surface area contributed by atoms with E-state index >= 15 is 0 Å². The molecule has 1 aromatic carbocycles. The Kier molecular flexibility index (Phi) is 8.17. The van der Waals surface area contributed by atoms with Crippen molar-refractivity contribution < 1.29 is 24.1 Å². The summed E-state index contributed by atoms with van der Waals surface area (Å²) >= 11 is 0. The highest BCUT2D eigenvalue weighted by Crippen LogP contribution is 2.12. The van der Waals surface area contributed by atoms with Crippen LogP contribution < -0.4 is 10.1 Å². The van der Waals surface area contributed by atoms with E-state index in [1.54, 1.807) is 7.11 Å². The molecule has 0 heterocycles. The summed E-state index contributed by atoms with van der Waals surface area (Å²) in [4.78, 5) is 10.3. The Morgan fingerprint density at radius 3 is 2.50 bits per heavy atom. The van der Waals surface area contributed by atoms with Gasteiger partial charge in [-0.15, -0.1) is 0 Å². The molecule has 20 heavy (non-hydrogen) atoms. The molecule has 0 aliphatic heterocycles. The van der Waals surface area contributed by atoms with Gasteiger partial charge in [0.2, 0.25) is 0 Å². The van der Waals surface area contributed by atoms with Crippen LogP contribution in [0.4, 0.5) is 4.79 Å². The second-order valence-electron chi connectivity index (χ2n) is 4.08. The van der Waals surface area contributed by atoms with E-state index in [1.807, 2.05) is 24.3 Å². The molecule has 6 nitrogen and oxygen atoms in total. The van der Waals surface area contributed by atoms with Gasteiger partial charge in [0.15, 0.2) is 0 Å². The van der Waals surface area contributed by atoms with Crippen LogP contribution in [0, 0.1) is 0 Å². The van der Waals surface area contributed by atoms with E-state index < -0.39 is 6.09 Å². The topological polar surface area (TPSA) is 77.0 Å². The van der Waals surface area contributed by atoms with Crippen molar-refractivity contribution in [1.82, 2.24) is 5.32 Å². The summed E-state index contributed by atoms with van der Waals surface area (Å²) < 4.78 is 15.6. The number of benzene rings is 1. The van der Waals surface area contributed by atoms with Gasteiger partial charge >= 0.3 is 6.09 Å². The molecule has 0 saturated carbocycles. The smallest absolute Gasteiger partial charge is 0.404 e. The molecule has 0 atom stereocenters. The predicted molar refractivity (Wildman–Crippen MR) is 74.4 cm³/mol. The minimum atomic E-state index is -1.00. The summed E-state index contributed by atoms with van der Waals surface area (Å²) in [5.74, 6) is 0.773. The maximum atomic E-state index is 10.3. The Morgan fingerprint density at radius 2 is 1.85 bits per heavy atom. The van der Waals surface area contributed by atoms with Gasteiger partial charge in [0, 0.05) is 13.7 Å². The fraction of sp³-hybridized carbons (Fsp3) is 0.500. The van der Waals surface area contributed by atoms with E-state index in [0.29, 0.717) is 39.4 Å². The lowest BCUT2D eigenvalue weighted by molar-refractivity contribution is 0.0544. The Hall–Kier alpha value is -1.79. The Bertz CT molecular complexity index is 380. The van der Waals surface area contributed by atoms with Gasteiger partial charge in [-0.1, -0.05) is 12.1 Å². The van der Waals surface area contributed by atoms with Gasteiger partial charge in [-0.2, -0.15) is 0 Å². The number of carboxylic acid groups (broad SMARTS) is 1. The zero-order chi connectivity index (χ0) is 14.6. The number of carbonyl (C=O) groups is 1. The Morgan fingerprint density at radius 1 is 1.15 bits per heavy atom. The van der Waals surface area contributed by atoms with Crippen LogP contribution in [-0.2, 0) is 15.9 Å². The summed E-state index contributed by atoms with van der Waals surface area (Å²) in [6.07, 6.45) is -0.342. The van der Waals surface area contributed by atoms with Crippen molar-refractivity contribution >= 4 is 6.09 Å². The quantitative estimate of drug-likeness (QED) is 0.637. The molecule has 2 N–H and O–H groups in total. The summed E-state index contributed by atoms with van der Waals surface area (Å²) in [6, 6.07) is 7.58. The molecule has 0 radical (unpaired) electrons. The molecule has 0 aliphatic rings. The standard InChI is InChI=1S/C14H21NO5/c1-18-8-9-19-10-11-20-13-4-2-12(3-5-13)6-7-15-14(16)17/h2-5,15H,6-11H2,1H3,(H,16,17). The molecule has 0 spiro atoms. The highest BCUT2D eigenvalue weighted by atomic mass is 16.5. The van der Waals surface area contributed by atoms with Gasteiger partial charge in [0.25, 0.3) is 0 Å². The number of hydrogen-bond acceptors (Lipinski definition) is 4. The molecule has 0 saturated heterocycles. The normalized spacial score (nSPS) is 10.2. The maximum absolute atomic E-state index is 10.3. The fourth-order valence-corrected chi connectivity index (χ4v) is 1.53. The molecule has 0 fully saturated rings. The van der Waals surface area contributed by atoms with Gasteiger partial charge in [0.05, 0.1) is 19.8 Å². The van der Waals surface area contributed by atoms with Gasteiger partial charge in [-0.25, -0.2) is 4.79 Å². The summed E-state index contributed by atoms with van der Waals surface area (Å²) in [6.45, 7) is 2.56. The second-order valence-corrected chi connectivity index (χ2v) is 4.08. The number of hydrogen-bond donors (Lipinski definition) is 2. The highest BCUT2D eigenvalue weighted by Gasteiger charge is 1.98. The molecule has 0 unspecified atom stereocenters. The molecule has 0 aromatic heterocycles. The van der Waals surface area contributed by atoms with Gasteiger partial charge in [-0.05, 0) is 24.1 Å². The monoisotopic (exact) mass is 283 g/mol. The minimum Gasteiger partial charge on any atom is -0.491 e. The van der Waals surface area contributed by atoms with Crippen LogP contribution in [-0.4, -0.2) is 51.3 Å². The van der Waals surface area contributed by atoms with Crippen LogP contribution in [0.25, 0.3) is 0 Å². The first-order chi connectivity index (χ1) is 9.72. The van der Waals surface area contributed by atoms with E-state index in [-0.39, 0.29) is 0 Å². The maximum Gasteiger partial charge on any atom is 0.404 e. The zero-order valence-corrected chi connectivity index (χ0v) is 11.6. The lowest BCUT2D eigenvalue weighted by atomic mass is 10.1. The summed E-state index contributed by atoms with van der Waals surface area (Å²) in [7, 11) is 1.63. The number of rotatable bonds is 10. The van der Waals surface area contributed by atoms with E-state index in [2.05, 4.69) is 5.32 Å². The SMILES string of the molecule is COCCOCCOc1ccc(CCNC(=O)O)cc1. The van der Waals surface area contributed by atoms with Crippen molar-refractivity contribution in [1.29, 1.82) is 0 Å². The molecule has 112 valence electrons. The van der Waals surface area contributed by atoms with Crippen LogP contribution in [0.3, 0.4) is 0 Å². The number of nitrogens with one attached hydrogen (secondary N) is 1. The van der Waals surface area contributed by atoms with E-state index in [9.17, 15) is 4.79 Å². The molecule has 1 rings (SSSR count). The molecule has 1 amide bonds. The average molecular weight is 283 g/mol. The first kappa shape index (κ1) is 16.3. The first-order valence-corrected chi connectivity index (χ1v) is 6.47. The molecular weight excluding hydrogens is 262 g/mol. The molecule has 6 heteroatoms. The predicted octanol–water partition coefficient (Wildman–Crippen LogP) is 1.54. The van der Waals surface area contributed by atoms with E-state index in [4.69, 9.17) is 19.3 Å². The van der Waals surface area contributed by atoms with E-state index in [1.165, 1.54) is 0 Å². The van der Waals surface area contributed by atoms with Crippen molar-refractivity contribution in [2.24, 2.45) is 0 Å². The lowest BCUT2D eigenvalue weighted by Crippen LogP contribution is -2.23. The van der Waals surface area contributed by atoms with Crippen LogP contribution >= 0.6 is 0 Å². The zero-order valence-electron chi connectivity index (χ0n) is 11.6. The van der Waals surface area contributed by atoms with Crippen molar-refractivity contribution in [2.45, 2.75) is 6.42 Å². The van der Waals surface area contributed by atoms with Crippen LogP contribution in [0.1, 0.15) is 5.56 Å². The third kappa shape index (κ3) is 7.60. The van der Waals surface area contributed by atoms with Crippen LogP contribution in [0.5, 0.6) is 5.75 Å².